The second-order valence-corrected chi connectivity index (χ2v) is 5.45. The van der Waals surface area contributed by atoms with E-state index in [0.29, 0.717) is 0 Å². The van der Waals surface area contributed by atoms with Gasteiger partial charge in [-0.15, -0.1) is 0 Å². The summed E-state index contributed by atoms with van der Waals surface area (Å²) >= 11 is 5.96. The highest BCUT2D eigenvalue weighted by Crippen LogP contribution is 2.27. The maximum atomic E-state index is 5.96. The number of ether oxygens (including phenoxy) is 1. The predicted molar refractivity (Wildman–Crippen MR) is 76.6 cm³/mol. The van der Waals surface area contributed by atoms with Crippen molar-refractivity contribution in [2.45, 2.75) is 25.4 Å². The van der Waals surface area contributed by atoms with Crippen molar-refractivity contribution in [1.82, 2.24) is 9.97 Å². The molecule has 0 bridgehead atoms. The van der Waals surface area contributed by atoms with Crippen molar-refractivity contribution in [3.8, 4) is 0 Å². The molecule has 1 aliphatic rings. The number of aromatic nitrogens is 2. The van der Waals surface area contributed by atoms with Gasteiger partial charge in [-0.05, 0) is 43.5 Å². The fraction of sp³-hybridized carbons (Fsp3) is 0.429. The highest BCUT2D eigenvalue weighted by molar-refractivity contribution is 6.28. The molecular weight excluding hydrogens is 262 g/mol. The van der Waals surface area contributed by atoms with Gasteiger partial charge in [-0.2, -0.15) is 0 Å². The summed E-state index contributed by atoms with van der Waals surface area (Å²) in [6, 6.07) is 7.84. The van der Waals surface area contributed by atoms with Crippen LogP contribution in [0.25, 0.3) is 10.9 Å². The molecule has 1 aliphatic heterocycles. The van der Waals surface area contributed by atoms with Gasteiger partial charge in [0, 0.05) is 18.5 Å². The topological polar surface area (TPSA) is 47.0 Å². The van der Waals surface area contributed by atoms with Crippen LogP contribution in [0.3, 0.4) is 0 Å². The molecule has 0 saturated carbocycles. The van der Waals surface area contributed by atoms with Crippen molar-refractivity contribution in [3.05, 3.63) is 29.5 Å². The number of hydrogen-bond donors (Lipinski definition) is 1. The largest absolute Gasteiger partial charge is 0.373 e. The van der Waals surface area contributed by atoms with E-state index >= 15 is 0 Å². The van der Waals surface area contributed by atoms with E-state index in [0.717, 1.165) is 42.7 Å². The average molecular weight is 278 g/mol. The number of benzene rings is 1. The predicted octanol–water partition coefficient (Wildman–Crippen LogP) is 3.26. The Morgan fingerprint density at radius 1 is 1.37 bits per heavy atom. The van der Waals surface area contributed by atoms with Crippen LogP contribution in [0.5, 0.6) is 0 Å². The van der Waals surface area contributed by atoms with Crippen molar-refractivity contribution in [2.75, 3.05) is 18.5 Å². The standard InChI is InChI=1S/C14H16ClN3O/c1-14(7-4-8-19-14)9-16-12-10-5-2-3-6-11(10)17-13(15)18-12/h2-3,5-6H,4,7-9H2,1H3,(H,16,17,18). The van der Waals surface area contributed by atoms with Crippen LogP contribution >= 0.6 is 11.6 Å². The monoisotopic (exact) mass is 277 g/mol. The molecule has 0 aliphatic carbocycles. The molecule has 0 radical (unpaired) electrons. The first-order valence-electron chi connectivity index (χ1n) is 6.46. The quantitative estimate of drug-likeness (QED) is 0.875. The Bertz CT molecular complexity index is 596. The number of anilines is 1. The van der Waals surface area contributed by atoms with Crippen LogP contribution in [0, 0.1) is 0 Å². The van der Waals surface area contributed by atoms with E-state index in [1.807, 2.05) is 24.3 Å². The summed E-state index contributed by atoms with van der Waals surface area (Å²) in [6.45, 7) is 3.69. The lowest BCUT2D eigenvalue weighted by molar-refractivity contribution is 0.0315. The van der Waals surface area contributed by atoms with E-state index in [4.69, 9.17) is 16.3 Å². The van der Waals surface area contributed by atoms with Gasteiger partial charge < -0.3 is 10.1 Å². The molecule has 1 aromatic heterocycles. The van der Waals surface area contributed by atoms with Crippen LogP contribution in [0.4, 0.5) is 5.82 Å². The summed E-state index contributed by atoms with van der Waals surface area (Å²) in [5, 5.41) is 4.59. The Kier molecular flexibility index (Phi) is 3.29. The summed E-state index contributed by atoms with van der Waals surface area (Å²) in [5.74, 6) is 0.771. The van der Waals surface area contributed by atoms with Crippen LogP contribution in [-0.4, -0.2) is 28.7 Å². The smallest absolute Gasteiger partial charge is 0.224 e. The minimum absolute atomic E-state index is 0.113. The first-order chi connectivity index (χ1) is 9.16. The van der Waals surface area contributed by atoms with Crippen LogP contribution in [-0.2, 0) is 4.74 Å². The Morgan fingerprint density at radius 3 is 3.00 bits per heavy atom. The molecule has 1 saturated heterocycles. The Morgan fingerprint density at radius 2 is 2.21 bits per heavy atom. The number of nitrogens with zero attached hydrogens (tertiary/aromatic N) is 2. The molecule has 1 aromatic carbocycles. The van der Waals surface area contributed by atoms with Crippen molar-refractivity contribution < 1.29 is 4.74 Å². The van der Waals surface area contributed by atoms with Gasteiger partial charge in [-0.25, -0.2) is 9.97 Å². The van der Waals surface area contributed by atoms with E-state index in [1.165, 1.54) is 0 Å². The van der Waals surface area contributed by atoms with E-state index in [1.54, 1.807) is 0 Å². The molecule has 2 aromatic rings. The van der Waals surface area contributed by atoms with Crippen LogP contribution < -0.4 is 5.32 Å². The number of para-hydroxylation sites is 1. The molecule has 2 heterocycles. The van der Waals surface area contributed by atoms with Gasteiger partial charge in [0.05, 0.1) is 11.1 Å². The normalized spacial score (nSPS) is 22.8. The molecule has 5 heteroatoms. The van der Waals surface area contributed by atoms with E-state index in [9.17, 15) is 0 Å². The van der Waals surface area contributed by atoms with Gasteiger partial charge in [0.2, 0.25) is 5.28 Å². The fourth-order valence-electron chi connectivity index (χ4n) is 2.43. The fourth-order valence-corrected chi connectivity index (χ4v) is 2.61. The molecule has 100 valence electrons. The molecule has 19 heavy (non-hydrogen) atoms. The summed E-state index contributed by atoms with van der Waals surface area (Å²) in [5.41, 5.74) is 0.737. The van der Waals surface area contributed by atoms with Gasteiger partial charge in [0.25, 0.3) is 0 Å². The summed E-state index contributed by atoms with van der Waals surface area (Å²) in [4.78, 5) is 8.50. The molecule has 1 unspecified atom stereocenters. The first kappa shape index (κ1) is 12.6. The van der Waals surface area contributed by atoms with Crippen molar-refractivity contribution >= 4 is 28.3 Å². The molecule has 3 rings (SSSR count). The zero-order valence-corrected chi connectivity index (χ0v) is 11.6. The zero-order chi connectivity index (χ0) is 13.3. The third-order valence-electron chi connectivity index (χ3n) is 3.51. The molecule has 0 spiro atoms. The maximum absolute atomic E-state index is 5.96. The maximum Gasteiger partial charge on any atom is 0.224 e. The minimum Gasteiger partial charge on any atom is -0.373 e. The van der Waals surface area contributed by atoms with Gasteiger partial charge in [-0.1, -0.05) is 12.1 Å². The van der Waals surface area contributed by atoms with Crippen LogP contribution in [0.2, 0.25) is 5.28 Å². The van der Waals surface area contributed by atoms with Crippen molar-refractivity contribution in [1.29, 1.82) is 0 Å². The number of halogens is 1. The van der Waals surface area contributed by atoms with Crippen molar-refractivity contribution in [2.24, 2.45) is 0 Å². The lowest BCUT2D eigenvalue weighted by Gasteiger charge is -2.24. The molecule has 0 amide bonds. The Hall–Kier alpha value is -1.39. The highest BCUT2D eigenvalue weighted by Gasteiger charge is 2.29. The summed E-state index contributed by atoms with van der Waals surface area (Å²) < 4.78 is 5.77. The van der Waals surface area contributed by atoms with E-state index in [2.05, 4.69) is 22.2 Å². The lowest BCUT2D eigenvalue weighted by Crippen LogP contribution is -2.32. The van der Waals surface area contributed by atoms with Crippen LogP contribution in [0.1, 0.15) is 19.8 Å². The second-order valence-electron chi connectivity index (χ2n) is 5.11. The molecule has 1 atom stereocenters. The Balaban J connectivity index is 1.87. The summed E-state index contributed by atoms with van der Waals surface area (Å²) in [6.07, 6.45) is 2.18. The van der Waals surface area contributed by atoms with E-state index < -0.39 is 0 Å². The minimum atomic E-state index is -0.113. The highest BCUT2D eigenvalue weighted by atomic mass is 35.5. The molecule has 4 nitrogen and oxygen atoms in total. The van der Waals surface area contributed by atoms with Gasteiger partial charge in [0.15, 0.2) is 0 Å². The number of rotatable bonds is 3. The number of fused-ring (bicyclic) bond motifs is 1. The molecule has 1 fully saturated rings. The number of nitrogens with one attached hydrogen (secondary N) is 1. The zero-order valence-electron chi connectivity index (χ0n) is 10.8. The third kappa shape index (κ3) is 2.65. The number of hydrogen-bond acceptors (Lipinski definition) is 4. The van der Waals surface area contributed by atoms with E-state index in [-0.39, 0.29) is 10.9 Å². The average Bonchev–Trinajstić information content (AvgIpc) is 2.83. The first-order valence-corrected chi connectivity index (χ1v) is 6.84. The van der Waals surface area contributed by atoms with Crippen molar-refractivity contribution in [3.63, 3.8) is 0 Å². The Labute approximate surface area is 117 Å². The SMILES string of the molecule is CC1(CNc2nc(Cl)nc3ccccc23)CCCO1. The third-order valence-corrected chi connectivity index (χ3v) is 3.68. The molecule has 1 N–H and O–H groups in total. The molecular formula is C14H16ClN3O. The van der Waals surface area contributed by atoms with Gasteiger partial charge >= 0.3 is 0 Å². The lowest BCUT2D eigenvalue weighted by atomic mass is 10.0. The summed E-state index contributed by atoms with van der Waals surface area (Å²) in [7, 11) is 0. The van der Waals surface area contributed by atoms with Crippen LogP contribution in [0.15, 0.2) is 24.3 Å². The van der Waals surface area contributed by atoms with Gasteiger partial charge in [0.1, 0.15) is 5.82 Å². The second kappa shape index (κ2) is 4.94. The van der Waals surface area contributed by atoms with Gasteiger partial charge in [-0.3, -0.25) is 0 Å².